The fraction of sp³-hybridized carbons (Fsp3) is 1.00. The van der Waals surface area contributed by atoms with Crippen molar-refractivity contribution in [1.82, 2.24) is 16.0 Å². The number of hydrogen-bond acceptors (Lipinski definition) is 3. The maximum absolute atomic E-state index is 3.56. The lowest BCUT2D eigenvalue weighted by Gasteiger charge is -2.31. The molecule has 13 heavy (non-hydrogen) atoms. The molecule has 0 atom stereocenters. The Morgan fingerprint density at radius 3 is 2.00 bits per heavy atom. The van der Waals surface area contributed by atoms with E-state index < -0.39 is 0 Å². The SMILES string of the molecule is C1CCC2(CNC1)CNCCNC2. The van der Waals surface area contributed by atoms with Gasteiger partial charge in [-0.3, -0.25) is 0 Å². The third-order valence-corrected chi connectivity index (χ3v) is 3.29. The zero-order valence-corrected chi connectivity index (χ0v) is 8.36. The average Bonchev–Trinajstić information content (AvgIpc) is 2.50. The minimum Gasteiger partial charge on any atom is -0.316 e. The first-order valence-corrected chi connectivity index (χ1v) is 5.54. The molecule has 0 aromatic rings. The summed E-state index contributed by atoms with van der Waals surface area (Å²) in [4.78, 5) is 0. The average molecular weight is 183 g/mol. The summed E-state index contributed by atoms with van der Waals surface area (Å²) >= 11 is 0. The Hall–Kier alpha value is -0.120. The van der Waals surface area contributed by atoms with Gasteiger partial charge in [0.05, 0.1) is 0 Å². The Labute approximate surface area is 80.7 Å². The molecule has 2 heterocycles. The minimum absolute atomic E-state index is 0.493. The molecule has 2 rings (SSSR count). The molecule has 76 valence electrons. The topological polar surface area (TPSA) is 36.1 Å². The molecule has 0 unspecified atom stereocenters. The van der Waals surface area contributed by atoms with E-state index in [0.717, 1.165) is 13.1 Å². The molecule has 3 N–H and O–H groups in total. The second-order valence-corrected chi connectivity index (χ2v) is 4.49. The lowest BCUT2D eigenvalue weighted by molar-refractivity contribution is 0.260. The summed E-state index contributed by atoms with van der Waals surface area (Å²) in [6.45, 7) is 7.03. The van der Waals surface area contributed by atoms with Crippen molar-refractivity contribution >= 4 is 0 Å². The summed E-state index contributed by atoms with van der Waals surface area (Å²) in [6.07, 6.45) is 4.11. The van der Waals surface area contributed by atoms with E-state index in [1.54, 1.807) is 0 Å². The third kappa shape index (κ3) is 2.42. The summed E-state index contributed by atoms with van der Waals surface area (Å²) in [5.41, 5.74) is 0.493. The lowest BCUT2D eigenvalue weighted by atomic mass is 9.83. The van der Waals surface area contributed by atoms with Crippen LogP contribution in [0.25, 0.3) is 0 Å². The highest BCUT2D eigenvalue weighted by molar-refractivity contribution is 4.89. The highest BCUT2D eigenvalue weighted by Crippen LogP contribution is 2.25. The normalized spacial score (nSPS) is 29.5. The first-order chi connectivity index (χ1) is 6.41. The minimum atomic E-state index is 0.493. The highest BCUT2D eigenvalue weighted by atomic mass is 15.0. The van der Waals surface area contributed by atoms with Crippen LogP contribution in [0.3, 0.4) is 0 Å². The Balaban J connectivity index is 1.97. The zero-order valence-electron chi connectivity index (χ0n) is 8.36. The van der Waals surface area contributed by atoms with Crippen LogP contribution < -0.4 is 16.0 Å². The molecule has 0 aliphatic carbocycles. The molecule has 0 saturated carbocycles. The third-order valence-electron chi connectivity index (χ3n) is 3.29. The zero-order chi connectivity index (χ0) is 8.99. The van der Waals surface area contributed by atoms with Crippen LogP contribution in [0.5, 0.6) is 0 Å². The Kier molecular flexibility index (Phi) is 3.19. The van der Waals surface area contributed by atoms with Gasteiger partial charge < -0.3 is 16.0 Å². The molecule has 2 fully saturated rings. The van der Waals surface area contributed by atoms with E-state index in [1.807, 2.05) is 0 Å². The Morgan fingerprint density at radius 2 is 1.31 bits per heavy atom. The highest BCUT2D eigenvalue weighted by Gasteiger charge is 2.31. The van der Waals surface area contributed by atoms with Gasteiger partial charge in [0, 0.05) is 38.1 Å². The molecule has 3 heteroatoms. The predicted octanol–water partition coefficient (Wildman–Crippen LogP) is -0.0609. The van der Waals surface area contributed by atoms with Gasteiger partial charge in [0.25, 0.3) is 0 Å². The number of nitrogens with one attached hydrogen (secondary N) is 3. The van der Waals surface area contributed by atoms with E-state index in [0.29, 0.717) is 5.41 Å². The van der Waals surface area contributed by atoms with Crippen LogP contribution in [-0.2, 0) is 0 Å². The van der Waals surface area contributed by atoms with Crippen LogP contribution >= 0.6 is 0 Å². The lowest BCUT2D eigenvalue weighted by Crippen LogP contribution is -2.44. The molecular formula is C10H21N3. The summed E-state index contributed by atoms with van der Waals surface area (Å²) in [5, 5.41) is 10.6. The summed E-state index contributed by atoms with van der Waals surface area (Å²) in [5.74, 6) is 0. The standard InChI is InChI=1S/C10H21N3/c1-2-4-11-7-10(3-1)8-12-5-6-13-9-10/h11-13H,1-9H2. The van der Waals surface area contributed by atoms with Crippen LogP contribution in [0.2, 0.25) is 0 Å². The van der Waals surface area contributed by atoms with Crippen molar-refractivity contribution in [3.63, 3.8) is 0 Å². The van der Waals surface area contributed by atoms with Gasteiger partial charge in [-0.05, 0) is 19.4 Å². The molecule has 2 aliphatic rings. The van der Waals surface area contributed by atoms with Gasteiger partial charge in [-0.2, -0.15) is 0 Å². The van der Waals surface area contributed by atoms with Crippen LogP contribution in [-0.4, -0.2) is 39.3 Å². The van der Waals surface area contributed by atoms with E-state index >= 15 is 0 Å². The summed E-state index contributed by atoms with van der Waals surface area (Å²) in [6, 6.07) is 0. The first-order valence-electron chi connectivity index (χ1n) is 5.54. The van der Waals surface area contributed by atoms with Crippen molar-refractivity contribution in [2.75, 3.05) is 39.3 Å². The molecule has 3 nitrogen and oxygen atoms in total. The maximum atomic E-state index is 3.56. The Bertz CT molecular complexity index is 121. The van der Waals surface area contributed by atoms with E-state index in [-0.39, 0.29) is 0 Å². The van der Waals surface area contributed by atoms with E-state index in [1.165, 1.54) is 45.4 Å². The van der Waals surface area contributed by atoms with Gasteiger partial charge in [0.1, 0.15) is 0 Å². The van der Waals surface area contributed by atoms with Crippen LogP contribution in [0.1, 0.15) is 19.3 Å². The summed E-state index contributed by atoms with van der Waals surface area (Å²) < 4.78 is 0. The second-order valence-electron chi connectivity index (χ2n) is 4.49. The molecule has 2 aliphatic heterocycles. The second kappa shape index (κ2) is 4.40. The van der Waals surface area contributed by atoms with Crippen molar-refractivity contribution in [2.24, 2.45) is 5.41 Å². The van der Waals surface area contributed by atoms with Crippen LogP contribution in [0.4, 0.5) is 0 Å². The molecule has 2 saturated heterocycles. The van der Waals surface area contributed by atoms with Gasteiger partial charge in [0.15, 0.2) is 0 Å². The van der Waals surface area contributed by atoms with Gasteiger partial charge >= 0.3 is 0 Å². The number of rotatable bonds is 0. The smallest absolute Gasteiger partial charge is 0.00772 e. The molecule has 0 radical (unpaired) electrons. The van der Waals surface area contributed by atoms with E-state index in [2.05, 4.69) is 16.0 Å². The molecule has 0 bridgehead atoms. The van der Waals surface area contributed by atoms with E-state index in [9.17, 15) is 0 Å². The van der Waals surface area contributed by atoms with Crippen molar-refractivity contribution in [3.8, 4) is 0 Å². The first kappa shape index (κ1) is 9.44. The molecular weight excluding hydrogens is 162 g/mol. The van der Waals surface area contributed by atoms with Gasteiger partial charge in [-0.1, -0.05) is 6.42 Å². The maximum Gasteiger partial charge on any atom is 0.00772 e. The largest absolute Gasteiger partial charge is 0.316 e. The van der Waals surface area contributed by atoms with Crippen LogP contribution in [0, 0.1) is 5.41 Å². The summed E-state index contributed by atoms with van der Waals surface area (Å²) in [7, 11) is 0. The van der Waals surface area contributed by atoms with Crippen molar-refractivity contribution in [1.29, 1.82) is 0 Å². The Morgan fingerprint density at radius 1 is 0.692 bits per heavy atom. The number of hydrogen-bond donors (Lipinski definition) is 3. The molecule has 1 spiro atoms. The molecule has 0 aromatic carbocycles. The fourth-order valence-electron chi connectivity index (χ4n) is 2.44. The van der Waals surface area contributed by atoms with Gasteiger partial charge in [-0.25, -0.2) is 0 Å². The van der Waals surface area contributed by atoms with Crippen molar-refractivity contribution in [3.05, 3.63) is 0 Å². The van der Waals surface area contributed by atoms with Gasteiger partial charge in [-0.15, -0.1) is 0 Å². The van der Waals surface area contributed by atoms with E-state index in [4.69, 9.17) is 0 Å². The van der Waals surface area contributed by atoms with Crippen molar-refractivity contribution in [2.45, 2.75) is 19.3 Å². The fourth-order valence-corrected chi connectivity index (χ4v) is 2.44. The van der Waals surface area contributed by atoms with Gasteiger partial charge in [0.2, 0.25) is 0 Å². The molecule has 0 aromatic heterocycles. The predicted molar refractivity (Wildman–Crippen MR) is 54.9 cm³/mol. The quantitative estimate of drug-likeness (QED) is 0.492. The van der Waals surface area contributed by atoms with Crippen LogP contribution in [0.15, 0.2) is 0 Å². The molecule has 0 amide bonds. The van der Waals surface area contributed by atoms with Crippen molar-refractivity contribution < 1.29 is 0 Å². The monoisotopic (exact) mass is 183 g/mol.